The largest absolute Gasteiger partial charge is 0.493 e. The Labute approximate surface area is 103 Å². The minimum absolute atomic E-state index is 0.263. The second-order valence-corrected chi connectivity index (χ2v) is 4.19. The lowest BCUT2D eigenvalue weighted by Gasteiger charge is -2.13. The maximum absolute atomic E-state index is 9.38. The van der Waals surface area contributed by atoms with Crippen LogP contribution in [-0.2, 0) is 6.42 Å². The Hall–Kier alpha value is -0.780. The average molecular weight is 291 g/mol. The number of aliphatic hydroxyl groups excluding tert-OH is 2. The number of rotatable bonds is 5. The molecule has 0 unspecified atom stereocenters. The molecule has 0 radical (unpaired) electrons. The van der Waals surface area contributed by atoms with Crippen molar-refractivity contribution in [2.45, 2.75) is 12.5 Å². The first-order chi connectivity index (χ1) is 7.62. The topological polar surface area (TPSA) is 58.9 Å². The molecule has 0 saturated heterocycles. The minimum atomic E-state index is -0.769. The first-order valence-corrected chi connectivity index (χ1v) is 5.61. The Kier molecular flexibility index (Phi) is 5.05. The van der Waals surface area contributed by atoms with Crippen LogP contribution >= 0.6 is 15.9 Å². The maximum Gasteiger partial charge on any atom is 0.161 e. The molecule has 0 aliphatic carbocycles. The predicted molar refractivity (Wildman–Crippen MR) is 64.0 cm³/mol. The molecule has 4 nitrogen and oxygen atoms in total. The summed E-state index contributed by atoms with van der Waals surface area (Å²) in [5.74, 6) is 1.22. The Morgan fingerprint density at radius 3 is 2.31 bits per heavy atom. The highest BCUT2D eigenvalue weighted by Gasteiger charge is 2.12. The second kappa shape index (κ2) is 6.08. The van der Waals surface area contributed by atoms with Crippen LogP contribution in [0.3, 0.4) is 0 Å². The average Bonchev–Trinajstić information content (AvgIpc) is 2.30. The highest BCUT2D eigenvalue weighted by atomic mass is 79.9. The number of benzene rings is 1. The number of ether oxygens (including phenoxy) is 2. The molecule has 0 saturated carbocycles. The summed E-state index contributed by atoms with van der Waals surface area (Å²) in [6, 6.07) is 3.56. The summed E-state index contributed by atoms with van der Waals surface area (Å²) in [5.41, 5.74) is 0.860. The highest BCUT2D eigenvalue weighted by Crippen LogP contribution is 2.33. The second-order valence-electron chi connectivity index (χ2n) is 3.34. The smallest absolute Gasteiger partial charge is 0.161 e. The number of methoxy groups -OCH3 is 2. The summed E-state index contributed by atoms with van der Waals surface area (Å²) in [6.45, 7) is -0.263. The van der Waals surface area contributed by atoms with Gasteiger partial charge < -0.3 is 19.7 Å². The van der Waals surface area contributed by atoms with Crippen molar-refractivity contribution in [1.29, 1.82) is 0 Å². The van der Waals surface area contributed by atoms with Crippen molar-refractivity contribution in [2.75, 3.05) is 20.8 Å². The lowest BCUT2D eigenvalue weighted by molar-refractivity contribution is 0.0953. The van der Waals surface area contributed by atoms with Gasteiger partial charge in [0.15, 0.2) is 11.5 Å². The number of aliphatic hydroxyl groups is 2. The zero-order valence-corrected chi connectivity index (χ0v) is 10.8. The first-order valence-electron chi connectivity index (χ1n) is 4.81. The zero-order valence-electron chi connectivity index (χ0n) is 9.24. The lowest BCUT2D eigenvalue weighted by Crippen LogP contribution is -2.15. The van der Waals surface area contributed by atoms with Gasteiger partial charge in [0.2, 0.25) is 0 Å². The molecule has 90 valence electrons. The van der Waals surface area contributed by atoms with E-state index in [-0.39, 0.29) is 6.61 Å². The monoisotopic (exact) mass is 290 g/mol. The molecule has 0 aliphatic rings. The maximum atomic E-state index is 9.38. The summed E-state index contributed by atoms with van der Waals surface area (Å²) in [5, 5.41) is 18.2. The van der Waals surface area contributed by atoms with Gasteiger partial charge in [0, 0.05) is 10.9 Å². The minimum Gasteiger partial charge on any atom is -0.493 e. The SMILES string of the molecule is COc1cc(Br)c(C[C@@H](O)CO)cc1OC. The molecular formula is C11H15BrO4. The third-order valence-electron chi connectivity index (χ3n) is 2.22. The van der Waals surface area contributed by atoms with Crippen LogP contribution in [0.15, 0.2) is 16.6 Å². The van der Waals surface area contributed by atoms with Crippen LogP contribution in [0.25, 0.3) is 0 Å². The van der Waals surface area contributed by atoms with Gasteiger partial charge in [-0.15, -0.1) is 0 Å². The Morgan fingerprint density at radius 2 is 1.81 bits per heavy atom. The van der Waals surface area contributed by atoms with E-state index in [0.717, 1.165) is 10.0 Å². The van der Waals surface area contributed by atoms with Crippen LogP contribution < -0.4 is 9.47 Å². The summed E-state index contributed by atoms with van der Waals surface area (Å²) in [4.78, 5) is 0. The molecule has 16 heavy (non-hydrogen) atoms. The first kappa shape index (κ1) is 13.3. The Bertz CT molecular complexity index is 354. The van der Waals surface area contributed by atoms with Crippen LogP contribution in [0.1, 0.15) is 5.56 Å². The molecular weight excluding hydrogens is 276 g/mol. The molecule has 0 spiro atoms. The van der Waals surface area contributed by atoms with Crippen LogP contribution in [0.4, 0.5) is 0 Å². The molecule has 2 N–H and O–H groups in total. The molecule has 0 fully saturated rings. The zero-order chi connectivity index (χ0) is 12.1. The van der Waals surface area contributed by atoms with Gasteiger partial charge in [-0.25, -0.2) is 0 Å². The third-order valence-corrected chi connectivity index (χ3v) is 2.96. The number of hydrogen-bond acceptors (Lipinski definition) is 4. The predicted octanol–water partition coefficient (Wildman–Crippen LogP) is 1.36. The fourth-order valence-electron chi connectivity index (χ4n) is 1.37. The van der Waals surface area contributed by atoms with E-state index in [1.165, 1.54) is 0 Å². The number of halogens is 1. The van der Waals surface area contributed by atoms with E-state index in [0.29, 0.717) is 17.9 Å². The van der Waals surface area contributed by atoms with Gasteiger partial charge >= 0.3 is 0 Å². The van der Waals surface area contributed by atoms with E-state index in [1.54, 1.807) is 26.4 Å². The van der Waals surface area contributed by atoms with Crippen molar-refractivity contribution in [2.24, 2.45) is 0 Å². The van der Waals surface area contributed by atoms with Gasteiger partial charge in [-0.1, -0.05) is 15.9 Å². The molecule has 5 heteroatoms. The molecule has 1 aromatic carbocycles. The highest BCUT2D eigenvalue weighted by molar-refractivity contribution is 9.10. The molecule has 1 rings (SSSR count). The van der Waals surface area contributed by atoms with Gasteiger partial charge in [0.25, 0.3) is 0 Å². The molecule has 0 aromatic heterocycles. The van der Waals surface area contributed by atoms with Crippen LogP contribution in [-0.4, -0.2) is 37.1 Å². The van der Waals surface area contributed by atoms with Gasteiger partial charge in [0.1, 0.15) is 0 Å². The van der Waals surface area contributed by atoms with E-state index in [9.17, 15) is 5.11 Å². The van der Waals surface area contributed by atoms with Gasteiger partial charge in [-0.3, -0.25) is 0 Å². The van der Waals surface area contributed by atoms with Crippen molar-refractivity contribution < 1.29 is 19.7 Å². The van der Waals surface area contributed by atoms with Crippen molar-refractivity contribution >= 4 is 15.9 Å². The van der Waals surface area contributed by atoms with Crippen LogP contribution in [0, 0.1) is 0 Å². The summed E-state index contributed by atoms with van der Waals surface area (Å²) in [6.07, 6.45) is -0.411. The Balaban J connectivity index is 3.01. The molecule has 1 aromatic rings. The summed E-state index contributed by atoms with van der Waals surface area (Å²) in [7, 11) is 3.12. The molecule has 0 aliphatic heterocycles. The molecule has 0 amide bonds. The van der Waals surface area contributed by atoms with Crippen molar-refractivity contribution in [3.63, 3.8) is 0 Å². The Morgan fingerprint density at radius 1 is 1.25 bits per heavy atom. The summed E-state index contributed by atoms with van der Waals surface area (Å²) >= 11 is 3.38. The van der Waals surface area contributed by atoms with E-state index >= 15 is 0 Å². The van der Waals surface area contributed by atoms with Crippen molar-refractivity contribution in [1.82, 2.24) is 0 Å². The molecule has 0 bridgehead atoms. The molecule has 0 heterocycles. The van der Waals surface area contributed by atoms with Crippen molar-refractivity contribution in [3.05, 3.63) is 22.2 Å². The quantitative estimate of drug-likeness (QED) is 0.860. The normalized spacial score (nSPS) is 12.3. The van der Waals surface area contributed by atoms with Crippen LogP contribution in [0.2, 0.25) is 0 Å². The van der Waals surface area contributed by atoms with Gasteiger partial charge in [-0.2, -0.15) is 0 Å². The third kappa shape index (κ3) is 3.10. The van der Waals surface area contributed by atoms with E-state index in [1.807, 2.05) is 0 Å². The lowest BCUT2D eigenvalue weighted by atomic mass is 10.1. The standard InChI is InChI=1S/C11H15BrO4/c1-15-10-4-7(3-8(14)6-13)9(12)5-11(10)16-2/h4-5,8,13-14H,3,6H2,1-2H3/t8-/m1/s1. The van der Waals surface area contributed by atoms with Crippen molar-refractivity contribution in [3.8, 4) is 11.5 Å². The van der Waals surface area contributed by atoms with Gasteiger partial charge in [-0.05, 0) is 17.7 Å². The number of hydrogen-bond donors (Lipinski definition) is 2. The molecule has 1 atom stereocenters. The van der Waals surface area contributed by atoms with Gasteiger partial charge in [0.05, 0.1) is 26.9 Å². The van der Waals surface area contributed by atoms with E-state index in [4.69, 9.17) is 14.6 Å². The van der Waals surface area contributed by atoms with E-state index in [2.05, 4.69) is 15.9 Å². The fraction of sp³-hybridized carbons (Fsp3) is 0.455. The van der Waals surface area contributed by atoms with Crippen LogP contribution in [0.5, 0.6) is 11.5 Å². The van der Waals surface area contributed by atoms with E-state index < -0.39 is 6.10 Å². The fourth-order valence-corrected chi connectivity index (χ4v) is 1.86. The summed E-state index contributed by atoms with van der Waals surface area (Å²) < 4.78 is 11.1.